The molecular weight excluding hydrogens is 246 g/mol. The topological polar surface area (TPSA) is 44.4 Å². The molecule has 1 aliphatic rings. The normalized spacial score (nSPS) is 14.6. The highest BCUT2D eigenvalue weighted by molar-refractivity contribution is 8.00. The van der Waals surface area contributed by atoms with E-state index < -0.39 is 0 Å². The summed E-state index contributed by atoms with van der Waals surface area (Å²) in [5.74, 6) is 0.733. The third kappa shape index (κ3) is 2.79. The molecule has 98 valence electrons. The van der Waals surface area contributed by atoms with Gasteiger partial charge in [0.15, 0.2) is 0 Å². The molecule has 0 atom stereocenters. The second-order valence-electron chi connectivity index (χ2n) is 4.12. The van der Waals surface area contributed by atoms with Crippen molar-refractivity contribution in [2.45, 2.75) is 11.8 Å². The maximum Gasteiger partial charge on any atom is 0.237 e. The van der Waals surface area contributed by atoms with Gasteiger partial charge in [-0.1, -0.05) is 6.92 Å². The lowest BCUT2D eigenvalue weighted by Gasteiger charge is -2.29. The second-order valence-corrected chi connectivity index (χ2v) is 5.14. The SMILES string of the molecule is CCNCCN1C(=O)CSc2ccc(NC)cc21. The van der Waals surface area contributed by atoms with Crippen molar-refractivity contribution in [1.82, 2.24) is 5.32 Å². The molecule has 0 saturated carbocycles. The fourth-order valence-electron chi connectivity index (χ4n) is 1.97. The molecular formula is C13H19N3OS. The maximum atomic E-state index is 12.0. The zero-order valence-corrected chi connectivity index (χ0v) is 11.6. The number of nitrogens with zero attached hydrogens (tertiary/aromatic N) is 1. The molecule has 0 spiro atoms. The lowest BCUT2D eigenvalue weighted by atomic mass is 10.2. The number of nitrogens with one attached hydrogen (secondary N) is 2. The highest BCUT2D eigenvalue weighted by Gasteiger charge is 2.24. The summed E-state index contributed by atoms with van der Waals surface area (Å²) < 4.78 is 0. The Hall–Kier alpha value is -1.20. The van der Waals surface area contributed by atoms with Crippen LogP contribution in [0.5, 0.6) is 0 Å². The molecule has 0 fully saturated rings. The standard InChI is InChI=1S/C13H19N3OS/c1-3-15-6-7-16-11-8-10(14-2)4-5-12(11)18-9-13(16)17/h4-5,8,14-15H,3,6-7,9H2,1-2H3. The third-order valence-electron chi connectivity index (χ3n) is 2.95. The molecule has 0 radical (unpaired) electrons. The minimum absolute atomic E-state index is 0.193. The van der Waals surface area contributed by atoms with Crippen LogP contribution < -0.4 is 15.5 Å². The first-order chi connectivity index (χ1) is 8.76. The number of amides is 1. The number of carbonyl (C=O) groups is 1. The van der Waals surface area contributed by atoms with E-state index in [0.29, 0.717) is 5.75 Å². The van der Waals surface area contributed by atoms with E-state index in [1.807, 2.05) is 24.1 Å². The molecule has 0 aliphatic carbocycles. The van der Waals surface area contributed by atoms with E-state index in [9.17, 15) is 4.79 Å². The Balaban J connectivity index is 2.21. The molecule has 2 N–H and O–H groups in total. The molecule has 2 rings (SSSR count). The first kappa shape index (κ1) is 13.2. The molecule has 1 amide bonds. The van der Waals surface area contributed by atoms with E-state index in [4.69, 9.17) is 0 Å². The number of rotatable bonds is 5. The molecule has 0 unspecified atom stereocenters. The molecule has 1 aromatic rings. The highest BCUT2D eigenvalue weighted by atomic mass is 32.2. The molecule has 4 nitrogen and oxygen atoms in total. The zero-order chi connectivity index (χ0) is 13.0. The van der Waals surface area contributed by atoms with E-state index >= 15 is 0 Å². The minimum Gasteiger partial charge on any atom is -0.388 e. The Kier molecular flexibility index (Phi) is 4.49. The van der Waals surface area contributed by atoms with E-state index in [1.54, 1.807) is 11.8 Å². The van der Waals surface area contributed by atoms with Crippen molar-refractivity contribution >= 4 is 29.0 Å². The van der Waals surface area contributed by atoms with Gasteiger partial charge in [-0.3, -0.25) is 4.79 Å². The predicted molar refractivity (Wildman–Crippen MR) is 77.6 cm³/mol. The summed E-state index contributed by atoms with van der Waals surface area (Å²) in [4.78, 5) is 15.1. The van der Waals surface area contributed by atoms with Crippen molar-refractivity contribution in [3.8, 4) is 0 Å². The molecule has 0 aromatic heterocycles. The quantitative estimate of drug-likeness (QED) is 0.797. The van der Waals surface area contributed by atoms with E-state index in [2.05, 4.69) is 23.6 Å². The Morgan fingerprint density at radius 2 is 2.28 bits per heavy atom. The monoisotopic (exact) mass is 265 g/mol. The van der Waals surface area contributed by atoms with Gasteiger partial charge in [0, 0.05) is 30.7 Å². The van der Waals surface area contributed by atoms with Crippen molar-refractivity contribution in [1.29, 1.82) is 0 Å². The summed E-state index contributed by atoms with van der Waals surface area (Å²) in [7, 11) is 1.89. The fraction of sp³-hybridized carbons (Fsp3) is 0.462. The predicted octanol–water partition coefficient (Wildman–Crippen LogP) is 1.78. The van der Waals surface area contributed by atoms with Gasteiger partial charge in [0.1, 0.15) is 0 Å². The average Bonchev–Trinajstić information content (AvgIpc) is 2.41. The summed E-state index contributed by atoms with van der Waals surface area (Å²) in [5, 5.41) is 6.38. The smallest absolute Gasteiger partial charge is 0.237 e. The van der Waals surface area contributed by atoms with Crippen LogP contribution in [0.1, 0.15) is 6.92 Å². The van der Waals surface area contributed by atoms with Crippen molar-refractivity contribution in [2.75, 3.05) is 42.7 Å². The van der Waals surface area contributed by atoms with Crippen LogP contribution in [0.15, 0.2) is 23.1 Å². The maximum absolute atomic E-state index is 12.0. The number of thioether (sulfide) groups is 1. The molecule has 1 aliphatic heterocycles. The summed E-state index contributed by atoms with van der Waals surface area (Å²) in [6.45, 7) is 4.56. The highest BCUT2D eigenvalue weighted by Crippen LogP contribution is 2.36. The molecule has 0 bridgehead atoms. The van der Waals surface area contributed by atoms with Gasteiger partial charge in [0.25, 0.3) is 0 Å². The van der Waals surface area contributed by atoms with Crippen molar-refractivity contribution in [3.05, 3.63) is 18.2 Å². The van der Waals surface area contributed by atoms with E-state index in [0.717, 1.165) is 31.0 Å². The number of hydrogen-bond acceptors (Lipinski definition) is 4. The first-order valence-corrected chi connectivity index (χ1v) is 7.20. The van der Waals surface area contributed by atoms with Crippen LogP contribution in [0.3, 0.4) is 0 Å². The van der Waals surface area contributed by atoms with E-state index in [1.165, 1.54) is 4.90 Å². The van der Waals surface area contributed by atoms with Gasteiger partial charge in [-0.2, -0.15) is 0 Å². The molecule has 1 heterocycles. The van der Waals surface area contributed by atoms with Gasteiger partial charge in [0.05, 0.1) is 11.4 Å². The summed E-state index contributed by atoms with van der Waals surface area (Å²) >= 11 is 1.62. The van der Waals surface area contributed by atoms with E-state index in [-0.39, 0.29) is 5.91 Å². The summed E-state index contributed by atoms with van der Waals surface area (Å²) in [5.41, 5.74) is 2.07. The van der Waals surface area contributed by atoms with Gasteiger partial charge < -0.3 is 15.5 Å². The first-order valence-electron chi connectivity index (χ1n) is 6.22. The summed E-state index contributed by atoms with van der Waals surface area (Å²) in [6.07, 6.45) is 0. The molecule has 5 heteroatoms. The molecule has 0 saturated heterocycles. The van der Waals surface area contributed by atoms with Crippen LogP contribution in [-0.2, 0) is 4.79 Å². The Labute approximate surface area is 112 Å². The van der Waals surface area contributed by atoms with Crippen molar-refractivity contribution in [3.63, 3.8) is 0 Å². The van der Waals surface area contributed by atoms with Crippen LogP contribution in [0.4, 0.5) is 11.4 Å². The van der Waals surface area contributed by atoms with Crippen LogP contribution in [-0.4, -0.2) is 38.3 Å². The molecule has 1 aromatic carbocycles. The molecule has 18 heavy (non-hydrogen) atoms. The van der Waals surface area contributed by atoms with Crippen LogP contribution in [0, 0.1) is 0 Å². The number of likely N-dealkylation sites (N-methyl/N-ethyl adjacent to an activating group) is 1. The number of fused-ring (bicyclic) bond motifs is 1. The lowest BCUT2D eigenvalue weighted by Crippen LogP contribution is -2.40. The number of carbonyl (C=O) groups excluding carboxylic acids is 1. The lowest BCUT2D eigenvalue weighted by molar-refractivity contribution is -0.116. The third-order valence-corrected chi connectivity index (χ3v) is 4.00. The minimum atomic E-state index is 0.193. The Morgan fingerprint density at radius 1 is 1.44 bits per heavy atom. The number of benzene rings is 1. The van der Waals surface area contributed by atoms with Gasteiger partial charge in [-0.05, 0) is 24.7 Å². The van der Waals surface area contributed by atoms with Gasteiger partial charge >= 0.3 is 0 Å². The number of anilines is 2. The largest absolute Gasteiger partial charge is 0.388 e. The summed E-state index contributed by atoms with van der Waals surface area (Å²) in [6, 6.07) is 6.17. The van der Waals surface area contributed by atoms with Crippen LogP contribution in [0.25, 0.3) is 0 Å². The average molecular weight is 265 g/mol. The second kappa shape index (κ2) is 6.11. The number of hydrogen-bond donors (Lipinski definition) is 2. The Morgan fingerprint density at radius 3 is 3.00 bits per heavy atom. The van der Waals surface area contributed by atoms with Crippen molar-refractivity contribution < 1.29 is 4.79 Å². The Bertz CT molecular complexity index is 436. The fourth-order valence-corrected chi connectivity index (χ4v) is 2.89. The van der Waals surface area contributed by atoms with Gasteiger partial charge in [-0.25, -0.2) is 0 Å². The van der Waals surface area contributed by atoms with Crippen LogP contribution in [0.2, 0.25) is 0 Å². The van der Waals surface area contributed by atoms with Gasteiger partial charge in [-0.15, -0.1) is 11.8 Å². The van der Waals surface area contributed by atoms with Crippen molar-refractivity contribution in [2.24, 2.45) is 0 Å². The zero-order valence-electron chi connectivity index (χ0n) is 10.8. The van der Waals surface area contributed by atoms with Crippen LogP contribution >= 0.6 is 11.8 Å². The van der Waals surface area contributed by atoms with Gasteiger partial charge in [0.2, 0.25) is 5.91 Å².